The number of likely N-dealkylation sites (tertiary alicyclic amines) is 1. The zero-order valence-electron chi connectivity index (χ0n) is 11.6. The lowest BCUT2D eigenvalue weighted by Gasteiger charge is -2.26. The summed E-state index contributed by atoms with van der Waals surface area (Å²) in [5.74, 6) is -0.521. The minimum atomic E-state index is -0.536. The molecule has 2 rings (SSSR count). The molecule has 0 bridgehead atoms. The number of ether oxygens (including phenoxy) is 1. The largest absolute Gasteiger partial charge is 0.461 e. The Hall–Kier alpha value is -2.05. The van der Waals surface area contributed by atoms with Gasteiger partial charge in [-0.1, -0.05) is 0 Å². The van der Waals surface area contributed by atoms with Gasteiger partial charge in [0.25, 0.3) is 6.01 Å². The fourth-order valence-corrected chi connectivity index (χ4v) is 2.06. The summed E-state index contributed by atoms with van der Waals surface area (Å²) in [5, 5.41) is 2.78. The van der Waals surface area contributed by atoms with Gasteiger partial charge in [-0.05, 0) is 26.2 Å². The van der Waals surface area contributed by atoms with Crippen LogP contribution in [0.25, 0.3) is 0 Å². The molecule has 1 aromatic rings. The first kappa shape index (κ1) is 14.4. The van der Waals surface area contributed by atoms with Gasteiger partial charge in [0.05, 0.1) is 13.2 Å². The van der Waals surface area contributed by atoms with Crippen LogP contribution in [0.2, 0.25) is 0 Å². The van der Waals surface area contributed by atoms with Crippen molar-refractivity contribution in [2.24, 2.45) is 0 Å². The van der Waals surface area contributed by atoms with E-state index in [2.05, 4.69) is 10.3 Å². The lowest BCUT2D eigenvalue weighted by Crippen LogP contribution is -2.39. The molecule has 1 aliphatic rings. The second-order valence-electron chi connectivity index (χ2n) is 4.55. The first-order valence-corrected chi connectivity index (χ1v) is 6.85. The summed E-state index contributed by atoms with van der Waals surface area (Å²) >= 11 is 0. The zero-order valence-corrected chi connectivity index (χ0v) is 11.6. The maximum Gasteiger partial charge on any atom is 0.360 e. The minimum Gasteiger partial charge on any atom is -0.461 e. The molecular weight excluding hydrogens is 262 g/mol. The van der Waals surface area contributed by atoms with Crippen molar-refractivity contribution in [2.75, 3.05) is 31.6 Å². The molecule has 1 saturated heterocycles. The SMILES string of the molecule is CCOC(=O)c1coc(NCC(=O)N2CCCCC2)n1. The summed E-state index contributed by atoms with van der Waals surface area (Å²) in [7, 11) is 0. The first-order chi connectivity index (χ1) is 9.70. The predicted molar refractivity (Wildman–Crippen MR) is 71.4 cm³/mol. The number of nitrogens with one attached hydrogen (secondary N) is 1. The Bertz CT molecular complexity index is 466. The van der Waals surface area contributed by atoms with Crippen molar-refractivity contribution < 1.29 is 18.7 Å². The summed E-state index contributed by atoms with van der Waals surface area (Å²) in [5.41, 5.74) is 0.0970. The maximum atomic E-state index is 11.9. The standard InChI is InChI=1S/C13H19N3O4/c1-2-19-12(18)10-9-20-13(15-10)14-8-11(17)16-6-4-3-5-7-16/h9H,2-8H2,1H3,(H,14,15). The summed E-state index contributed by atoms with van der Waals surface area (Å²) in [6.07, 6.45) is 4.50. The molecule has 7 heteroatoms. The number of nitrogens with zero attached hydrogens (tertiary/aromatic N) is 2. The van der Waals surface area contributed by atoms with E-state index in [1.807, 2.05) is 4.90 Å². The van der Waals surface area contributed by atoms with Gasteiger partial charge < -0.3 is 19.4 Å². The third kappa shape index (κ3) is 3.72. The zero-order chi connectivity index (χ0) is 14.4. The second kappa shape index (κ2) is 6.93. The van der Waals surface area contributed by atoms with Crippen LogP contribution in [0, 0.1) is 0 Å². The first-order valence-electron chi connectivity index (χ1n) is 6.85. The number of amides is 1. The van der Waals surface area contributed by atoms with E-state index in [1.165, 1.54) is 12.7 Å². The molecule has 1 aliphatic heterocycles. The quantitative estimate of drug-likeness (QED) is 0.818. The van der Waals surface area contributed by atoms with Crippen LogP contribution in [-0.2, 0) is 9.53 Å². The Morgan fingerprint density at radius 1 is 1.40 bits per heavy atom. The van der Waals surface area contributed by atoms with E-state index in [0.29, 0.717) is 0 Å². The molecule has 20 heavy (non-hydrogen) atoms. The molecule has 2 heterocycles. The molecule has 0 unspecified atom stereocenters. The number of piperidine rings is 1. The molecule has 1 aromatic heterocycles. The Balaban J connectivity index is 1.81. The fourth-order valence-electron chi connectivity index (χ4n) is 2.06. The van der Waals surface area contributed by atoms with Crippen LogP contribution in [0.1, 0.15) is 36.7 Å². The molecule has 7 nitrogen and oxygen atoms in total. The number of aromatic nitrogens is 1. The summed E-state index contributed by atoms with van der Waals surface area (Å²) in [6, 6.07) is 0.151. The van der Waals surface area contributed by atoms with Gasteiger partial charge in [-0.2, -0.15) is 4.98 Å². The van der Waals surface area contributed by atoms with Crippen molar-refractivity contribution in [3.8, 4) is 0 Å². The van der Waals surface area contributed by atoms with E-state index in [0.717, 1.165) is 25.9 Å². The van der Waals surface area contributed by atoms with Gasteiger partial charge in [-0.15, -0.1) is 0 Å². The lowest BCUT2D eigenvalue weighted by molar-refractivity contribution is -0.130. The third-order valence-corrected chi connectivity index (χ3v) is 3.09. The number of oxazole rings is 1. The molecule has 0 radical (unpaired) electrons. The lowest BCUT2D eigenvalue weighted by atomic mass is 10.1. The minimum absolute atomic E-state index is 0.0144. The summed E-state index contributed by atoms with van der Waals surface area (Å²) in [6.45, 7) is 3.72. The molecule has 0 atom stereocenters. The van der Waals surface area contributed by atoms with Crippen LogP contribution < -0.4 is 5.32 Å². The average Bonchev–Trinajstić information content (AvgIpc) is 2.95. The van der Waals surface area contributed by atoms with E-state index in [-0.39, 0.29) is 30.8 Å². The van der Waals surface area contributed by atoms with Gasteiger partial charge in [0, 0.05) is 13.1 Å². The highest BCUT2D eigenvalue weighted by Crippen LogP contribution is 2.11. The molecule has 0 saturated carbocycles. The smallest absolute Gasteiger partial charge is 0.360 e. The normalized spacial score (nSPS) is 14.9. The molecule has 1 amide bonds. The molecule has 0 aliphatic carbocycles. The molecular formula is C13H19N3O4. The highest BCUT2D eigenvalue weighted by Gasteiger charge is 2.17. The molecule has 0 aromatic carbocycles. The number of esters is 1. The monoisotopic (exact) mass is 281 g/mol. The van der Waals surface area contributed by atoms with E-state index in [1.54, 1.807) is 6.92 Å². The van der Waals surface area contributed by atoms with Crippen LogP contribution in [0.4, 0.5) is 6.01 Å². The fraction of sp³-hybridized carbons (Fsp3) is 0.615. The molecule has 1 N–H and O–H groups in total. The van der Waals surface area contributed by atoms with Crippen molar-refractivity contribution in [1.29, 1.82) is 0 Å². The number of carbonyl (C=O) groups is 2. The van der Waals surface area contributed by atoms with Gasteiger partial charge in [0.2, 0.25) is 5.91 Å². The van der Waals surface area contributed by atoms with Gasteiger partial charge in [0.15, 0.2) is 5.69 Å². The average molecular weight is 281 g/mol. The second-order valence-corrected chi connectivity index (χ2v) is 4.55. The van der Waals surface area contributed by atoms with Crippen molar-refractivity contribution in [3.05, 3.63) is 12.0 Å². The topological polar surface area (TPSA) is 84.7 Å². The van der Waals surface area contributed by atoms with Crippen LogP contribution >= 0.6 is 0 Å². The van der Waals surface area contributed by atoms with Gasteiger partial charge in [-0.25, -0.2) is 4.79 Å². The Morgan fingerprint density at radius 3 is 2.85 bits per heavy atom. The van der Waals surface area contributed by atoms with Crippen molar-refractivity contribution >= 4 is 17.9 Å². The Morgan fingerprint density at radius 2 is 2.15 bits per heavy atom. The molecule has 110 valence electrons. The highest BCUT2D eigenvalue weighted by atomic mass is 16.5. The maximum absolute atomic E-state index is 11.9. The van der Waals surface area contributed by atoms with E-state index >= 15 is 0 Å². The van der Waals surface area contributed by atoms with Crippen LogP contribution in [0.3, 0.4) is 0 Å². The molecule has 0 spiro atoms. The van der Waals surface area contributed by atoms with Crippen molar-refractivity contribution in [3.63, 3.8) is 0 Å². The van der Waals surface area contributed by atoms with Gasteiger partial charge >= 0.3 is 5.97 Å². The van der Waals surface area contributed by atoms with Crippen molar-refractivity contribution in [1.82, 2.24) is 9.88 Å². The van der Waals surface area contributed by atoms with Crippen LogP contribution in [0.5, 0.6) is 0 Å². The third-order valence-electron chi connectivity index (χ3n) is 3.09. The van der Waals surface area contributed by atoms with Crippen molar-refractivity contribution in [2.45, 2.75) is 26.2 Å². The highest BCUT2D eigenvalue weighted by molar-refractivity contribution is 5.87. The number of anilines is 1. The van der Waals surface area contributed by atoms with E-state index < -0.39 is 5.97 Å². The van der Waals surface area contributed by atoms with Gasteiger partial charge in [0.1, 0.15) is 6.26 Å². The summed E-state index contributed by atoms with van der Waals surface area (Å²) < 4.78 is 9.87. The van der Waals surface area contributed by atoms with Gasteiger partial charge in [-0.3, -0.25) is 4.79 Å². The number of hydrogen-bond acceptors (Lipinski definition) is 6. The summed E-state index contributed by atoms with van der Waals surface area (Å²) in [4.78, 5) is 29.1. The molecule has 1 fully saturated rings. The Kier molecular flexibility index (Phi) is 4.97. The predicted octanol–water partition coefficient (Wildman–Crippen LogP) is 1.28. The van der Waals surface area contributed by atoms with Crippen LogP contribution in [-0.4, -0.2) is 48.0 Å². The number of hydrogen-bond donors (Lipinski definition) is 1. The number of carbonyl (C=O) groups excluding carboxylic acids is 2. The van der Waals surface area contributed by atoms with E-state index in [9.17, 15) is 9.59 Å². The number of rotatable bonds is 5. The van der Waals surface area contributed by atoms with E-state index in [4.69, 9.17) is 9.15 Å². The Labute approximate surface area is 117 Å². The van der Waals surface area contributed by atoms with Crippen LogP contribution in [0.15, 0.2) is 10.7 Å².